The minimum Gasteiger partial charge on any atom is -0.493 e. The molecule has 0 saturated heterocycles. The monoisotopic (exact) mass is 473 g/mol. The summed E-state index contributed by atoms with van der Waals surface area (Å²) in [5, 5.41) is 4.37. The van der Waals surface area contributed by atoms with E-state index in [9.17, 15) is 13.2 Å². The quantitative estimate of drug-likeness (QED) is 0.571. The summed E-state index contributed by atoms with van der Waals surface area (Å²) in [6, 6.07) is 10.3. The fourth-order valence-electron chi connectivity index (χ4n) is 3.82. The first-order valence-electron chi connectivity index (χ1n) is 9.83. The molecule has 1 unspecified atom stereocenters. The zero-order valence-electron chi connectivity index (χ0n) is 18.1. The molecule has 0 bridgehead atoms. The number of sulfone groups is 1. The number of hydrogen-bond donors (Lipinski definition) is 1. The summed E-state index contributed by atoms with van der Waals surface area (Å²) < 4.78 is 42.9. The molecule has 0 radical (unpaired) electrons. The predicted molar refractivity (Wildman–Crippen MR) is 122 cm³/mol. The number of methoxy groups -OCH3 is 3. The highest BCUT2D eigenvalue weighted by molar-refractivity contribution is 7.91. The fraction of sp³-hybridized carbons (Fsp3) is 0.261. The molecule has 7 nitrogen and oxygen atoms in total. The van der Waals surface area contributed by atoms with E-state index in [0.717, 1.165) is 16.0 Å². The number of anilines is 1. The molecule has 1 aliphatic rings. The maximum atomic E-state index is 13.3. The molecule has 1 aliphatic heterocycles. The molecular formula is C23H23NO6S2. The van der Waals surface area contributed by atoms with Gasteiger partial charge in [0.2, 0.25) is 21.5 Å². The Hall–Kier alpha value is -3.04. The summed E-state index contributed by atoms with van der Waals surface area (Å²) in [6.07, 6.45) is 0.177. The van der Waals surface area contributed by atoms with E-state index < -0.39 is 9.84 Å². The highest BCUT2D eigenvalue weighted by Gasteiger charge is 2.35. The number of hydrogen-bond acceptors (Lipinski definition) is 7. The average Bonchev–Trinajstić information content (AvgIpc) is 3.22. The molecule has 1 atom stereocenters. The van der Waals surface area contributed by atoms with Crippen molar-refractivity contribution in [1.82, 2.24) is 0 Å². The molecular weight excluding hydrogens is 450 g/mol. The lowest BCUT2D eigenvalue weighted by atomic mass is 9.90. The Morgan fingerprint density at radius 1 is 1.00 bits per heavy atom. The standard InChI is InChI=1S/C23H23NO6S2/c1-13-5-7-15(8-6-13)32(26,27)19-12-31-23-16(11-20(25)24-21(19)23)14-9-17(28-2)22(30-4)18(10-14)29-3/h5-10,12,16H,11H2,1-4H3,(H,24,25). The maximum Gasteiger partial charge on any atom is 0.225 e. The van der Waals surface area contributed by atoms with Gasteiger partial charge in [-0.1, -0.05) is 17.7 Å². The van der Waals surface area contributed by atoms with E-state index >= 15 is 0 Å². The lowest BCUT2D eigenvalue weighted by Crippen LogP contribution is -2.23. The lowest BCUT2D eigenvalue weighted by Gasteiger charge is -2.25. The number of thiophene rings is 1. The van der Waals surface area contributed by atoms with Crippen molar-refractivity contribution in [3.05, 3.63) is 57.8 Å². The SMILES string of the molecule is COc1cc(C2CC(=O)Nc3c(S(=O)(=O)c4ccc(C)cc4)csc32)cc(OC)c1OC. The molecule has 1 N–H and O–H groups in total. The first-order valence-corrected chi connectivity index (χ1v) is 12.2. The third-order valence-corrected chi connectivity index (χ3v) is 8.51. The van der Waals surface area contributed by atoms with E-state index in [2.05, 4.69) is 5.32 Å². The molecule has 0 spiro atoms. The highest BCUT2D eigenvalue weighted by atomic mass is 32.2. The molecule has 9 heteroatoms. The van der Waals surface area contributed by atoms with Gasteiger partial charge in [0.25, 0.3) is 0 Å². The fourth-order valence-corrected chi connectivity index (χ4v) is 6.73. The largest absolute Gasteiger partial charge is 0.493 e. The molecule has 0 aliphatic carbocycles. The van der Waals surface area contributed by atoms with Gasteiger partial charge in [0.05, 0.1) is 31.9 Å². The van der Waals surface area contributed by atoms with Gasteiger partial charge in [-0.3, -0.25) is 4.79 Å². The van der Waals surface area contributed by atoms with Crippen molar-refractivity contribution in [3.63, 3.8) is 0 Å². The van der Waals surface area contributed by atoms with Crippen molar-refractivity contribution in [2.75, 3.05) is 26.6 Å². The third kappa shape index (κ3) is 3.71. The van der Waals surface area contributed by atoms with Crippen molar-refractivity contribution in [2.45, 2.75) is 29.1 Å². The van der Waals surface area contributed by atoms with Crippen LogP contribution in [0.3, 0.4) is 0 Å². The van der Waals surface area contributed by atoms with Crippen LogP contribution < -0.4 is 19.5 Å². The van der Waals surface area contributed by atoms with Crippen LogP contribution in [0, 0.1) is 6.92 Å². The molecule has 1 amide bonds. The Kier molecular flexibility index (Phi) is 5.87. The third-order valence-electron chi connectivity index (χ3n) is 5.47. The van der Waals surface area contributed by atoms with Crippen molar-refractivity contribution in [2.24, 2.45) is 0 Å². The van der Waals surface area contributed by atoms with Gasteiger partial charge in [0, 0.05) is 22.6 Å². The summed E-state index contributed by atoms with van der Waals surface area (Å²) in [6.45, 7) is 1.89. The Balaban J connectivity index is 1.84. The second kappa shape index (κ2) is 8.48. The van der Waals surface area contributed by atoms with Gasteiger partial charge in [-0.2, -0.15) is 0 Å². The van der Waals surface area contributed by atoms with Gasteiger partial charge in [0.15, 0.2) is 11.5 Å². The molecule has 32 heavy (non-hydrogen) atoms. The summed E-state index contributed by atoms with van der Waals surface area (Å²) in [5.74, 6) is 0.791. The van der Waals surface area contributed by atoms with Crippen LogP contribution in [0.25, 0.3) is 0 Å². The van der Waals surface area contributed by atoms with Gasteiger partial charge in [-0.15, -0.1) is 11.3 Å². The highest BCUT2D eigenvalue weighted by Crippen LogP contribution is 2.48. The smallest absolute Gasteiger partial charge is 0.225 e. The Bertz CT molecular complexity index is 1250. The van der Waals surface area contributed by atoms with Crippen molar-refractivity contribution in [1.29, 1.82) is 0 Å². The minimum atomic E-state index is -3.79. The van der Waals surface area contributed by atoms with E-state index in [1.165, 1.54) is 32.7 Å². The Labute approximate surface area is 190 Å². The first kappa shape index (κ1) is 22.2. The van der Waals surface area contributed by atoms with E-state index in [1.807, 2.05) is 6.92 Å². The van der Waals surface area contributed by atoms with E-state index in [4.69, 9.17) is 14.2 Å². The van der Waals surface area contributed by atoms with Gasteiger partial charge in [-0.05, 0) is 36.8 Å². The van der Waals surface area contributed by atoms with E-state index in [0.29, 0.717) is 22.9 Å². The molecule has 1 aromatic heterocycles. The summed E-state index contributed by atoms with van der Waals surface area (Å²) >= 11 is 1.31. The number of carbonyl (C=O) groups excluding carboxylic acids is 1. The van der Waals surface area contributed by atoms with Gasteiger partial charge in [0.1, 0.15) is 4.90 Å². The number of fused-ring (bicyclic) bond motifs is 1. The van der Waals surface area contributed by atoms with Crippen molar-refractivity contribution >= 4 is 32.8 Å². The molecule has 2 aromatic carbocycles. The number of benzene rings is 2. The first-order chi connectivity index (χ1) is 15.3. The van der Waals surface area contributed by atoms with E-state index in [-0.39, 0.29) is 28.0 Å². The van der Waals surface area contributed by atoms with Crippen LogP contribution in [0.4, 0.5) is 5.69 Å². The minimum absolute atomic E-state index is 0.104. The normalized spacial score (nSPS) is 15.6. The summed E-state index contributed by atoms with van der Waals surface area (Å²) in [4.78, 5) is 13.7. The van der Waals surface area contributed by atoms with Crippen molar-refractivity contribution in [3.8, 4) is 17.2 Å². The second-order valence-electron chi connectivity index (χ2n) is 7.42. The van der Waals surface area contributed by atoms with E-state index in [1.54, 1.807) is 41.8 Å². The summed E-state index contributed by atoms with van der Waals surface area (Å²) in [5.41, 5.74) is 2.08. The maximum absolute atomic E-state index is 13.3. The zero-order chi connectivity index (χ0) is 23.0. The molecule has 4 rings (SSSR count). The van der Waals surface area contributed by atoms with Gasteiger partial charge < -0.3 is 19.5 Å². The van der Waals surface area contributed by atoms with Crippen LogP contribution in [0.2, 0.25) is 0 Å². The van der Waals surface area contributed by atoms with Crippen LogP contribution in [0.15, 0.2) is 51.6 Å². The lowest BCUT2D eigenvalue weighted by molar-refractivity contribution is -0.116. The molecule has 3 aromatic rings. The number of aryl methyl sites for hydroxylation is 1. The zero-order valence-corrected chi connectivity index (χ0v) is 19.7. The molecule has 168 valence electrons. The van der Waals surface area contributed by atoms with Crippen LogP contribution in [0.1, 0.15) is 28.3 Å². The van der Waals surface area contributed by atoms with Crippen LogP contribution in [-0.4, -0.2) is 35.7 Å². The Morgan fingerprint density at radius 3 is 2.19 bits per heavy atom. The summed E-state index contributed by atoms with van der Waals surface area (Å²) in [7, 11) is 0.779. The molecule has 0 fully saturated rings. The number of rotatable bonds is 6. The molecule has 2 heterocycles. The number of ether oxygens (including phenoxy) is 3. The van der Waals surface area contributed by atoms with Crippen molar-refractivity contribution < 1.29 is 27.4 Å². The van der Waals surface area contributed by atoms with Gasteiger partial charge in [-0.25, -0.2) is 8.42 Å². The predicted octanol–water partition coefficient (Wildman–Crippen LogP) is 4.39. The topological polar surface area (TPSA) is 90.9 Å². The Morgan fingerprint density at radius 2 is 1.62 bits per heavy atom. The van der Waals surface area contributed by atoms with Crippen LogP contribution in [0.5, 0.6) is 17.2 Å². The van der Waals surface area contributed by atoms with Gasteiger partial charge >= 0.3 is 0 Å². The number of amides is 1. The van der Waals surface area contributed by atoms with Crippen LogP contribution >= 0.6 is 11.3 Å². The second-order valence-corrected chi connectivity index (χ2v) is 10.2. The van der Waals surface area contributed by atoms with Crippen LogP contribution in [-0.2, 0) is 14.6 Å². The molecule has 0 saturated carbocycles. The number of nitrogens with one attached hydrogen (secondary N) is 1. The number of carbonyl (C=O) groups is 1. The average molecular weight is 474 g/mol.